The quantitative estimate of drug-likeness (QED) is 0.937. The Labute approximate surface area is 104 Å². The van der Waals surface area contributed by atoms with Gasteiger partial charge in [-0.15, -0.1) is 0 Å². The molecule has 0 bridgehead atoms. The van der Waals surface area contributed by atoms with E-state index < -0.39 is 0 Å². The summed E-state index contributed by atoms with van der Waals surface area (Å²) in [7, 11) is 1.97. The Bertz CT molecular complexity index is 504. The first-order valence-electron chi connectivity index (χ1n) is 5.42. The van der Waals surface area contributed by atoms with Crippen molar-refractivity contribution in [1.82, 2.24) is 14.7 Å². The van der Waals surface area contributed by atoms with Crippen molar-refractivity contribution >= 4 is 21.4 Å². The lowest BCUT2D eigenvalue weighted by molar-refractivity contribution is 0.589. The van der Waals surface area contributed by atoms with Crippen molar-refractivity contribution in [2.75, 3.05) is 7.05 Å². The van der Waals surface area contributed by atoms with Crippen LogP contribution in [0.25, 0.3) is 5.52 Å². The predicted octanol–water partition coefficient (Wildman–Crippen LogP) is 2.56. The zero-order valence-electron chi connectivity index (χ0n) is 9.79. The van der Waals surface area contributed by atoms with E-state index in [9.17, 15) is 0 Å². The largest absolute Gasteiger partial charge is 0.317 e. The SMILES string of the molecule is CNC(C)Cc1nc(Br)c2cc(C)ccn12. The van der Waals surface area contributed by atoms with Crippen LogP contribution < -0.4 is 5.32 Å². The van der Waals surface area contributed by atoms with Gasteiger partial charge in [-0.05, 0) is 54.5 Å². The van der Waals surface area contributed by atoms with E-state index in [1.165, 1.54) is 5.56 Å². The summed E-state index contributed by atoms with van der Waals surface area (Å²) in [6, 6.07) is 4.68. The van der Waals surface area contributed by atoms with E-state index >= 15 is 0 Å². The Hall–Kier alpha value is -0.870. The molecule has 0 saturated heterocycles. The molecule has 1 atom stereocenters. The minimum absolute atomic E-state index is 0.429. The molecule has 0 aromatic carbocycles. The molecule has 0 aliphatic heterocycles. The molecular weight excluding hydrogens is 266 g/mol. The first-order chi connectivity index (χ1) is 7.61. The van der Waals surface area contributed by atoms with Crippen LogP contribution in [0.15, 0.2) is 22.9 Å². The van der Waals surface area contributed by atoms with Crippen molar-refractivity contribution in [3.8, 4) is 0 Å². The molecule has 2 rings (SSSR count). The molecule has 3 nitrogen and oxygen atoms in total. The van der Waals surface area contributed by atoms with E-state index in [0.29, 0.717) is 6.04 Å². The first kappa shape index (κ1) is 11.6. The fourth-order valence-electron chi connectivity index (χ4n) is 1.73. The van der Waals surface area contributed by atoms with Gasteiger partial charge in [0.15, 0.2) is 0 Å². The maximum atomic E-state index is 4.56. The Kier molecular flexibility index (Phi) is 3.30. The van der Waals surface area contributed by atoms with E-state index in [2.05, 4.69) is 62.8 Å². The van der Waals surface area contributed by atoms with E-state index in [4.69, 9.17) is 0 Å². The Morgan fingerprint density at radius 3 is 3.00 bits per heavy atom. The molecule has 4 heteroatoms. The molecule has 2 heterocycles. The fourth-order valence-corrected chi connectivity index (χ4v) is 2.24. The Morgan fingerprint density at radius 2 is 2.31 bits per heavy atom. The topological polar surface area (TPSA) is 29.3 Å². The van der Waals surface area contributed by atoms with Crippen LogP contribution >= 0.6 is 15.9 Å². The molecule has 0 fully saturated rings. The van der Waals surface area contributed by atoms with E-state index in [1.807, 2.05) is 7.05 Å². The summed E-state index contributed by atoms with van der Waals surface area (Å²) in [5.41, 5.74) is 2.39. The van der Waals surface area contributed by atoms with Gasteiger partial charge in [-0.25, -0.2) is 4.98 Å². The van der Waals surface area contributed by atoms with Gasteiger partial charge < -0.3 is 9.72 Å². The van der Waals surface area contributed by atoms with E-state index in [1.54, 1.807) is 0 Å². The fraction of sp³-hybridized carbons (Fsp3) is 0.417. The molecule has 16 heavy (non-hydrogen) atoms. The van der Waals surface area contributed by atoms with Crippen LogP contribution in [0.1, 0.15) is 18.3 Å². The molecule has 0 radical (unpaired) electrons. The van der Waals surface area contributed by atoms with Crippen LogP contribution in [-0.2, 0) is 6.42 Å². The lowest BCUT2D eigenvalue weighted by Gasteiger charge is -2.08. The van der Waals surface area contributed by atoms with E-state index in [0.717, 1.165) is 22.4 Å². The number of nitrogens with one attached hydrogen (secondary N) is 1. The molecule has 0 spiro atoms. The smallest absolute Gasteiger partial charge is 0.132 e. The van der Waals surface area contributed by atoms with Gasteiger partial charge in [-0.1, -0.05) is 0 Å². The van der Waals surface area contributed by atoms with Crippen molar-refractivity contribution in [2.45, 2.75) is 26.3 Å². The first-order valence-corrected chi connectivity index (χ1v) is 6.21. The number of aryl methyl sites for hydroxylation is 1. The lowest BCUT2D eigenvalue weighted by Crippen LogP contribution is -2.24. The van der Waals surface area contributed by atoms with Crippen molar-refractivity contribution in [2.24, 2.45) is 0 Å². The zero-order chi connectivity index (χ0) is 11.7. The highest BCUT2D eigenvalue weighted by atomic mass is 79.9. The molecule has 0 aliphatic rings. The molecule has 86 valence electrons. The van der Waals surface area contributed by atoms with Crippen molar-refractivity contribution in [1.29, 1.82) is 0 Å². The average molecular weight is 282 g/mol. The second kappa shape index (κ2) is 4.55. The maximum absolute atomic E-state index is 4.56. The van der Waals surface area contributed by atoms with Crippen LogP contribution in [0.2, 0.25) is 0 Å². The van der Waals surface area contributed by atoms with Gasteiger partial charge in [0.1, 0.15) is 10.4 Å². The highest BCUT2D eigenvalue weighted by molar-refractivity contribution is 9.10. The summed E-state index contributed by atoms with van der Waals surface area (Å²) in [5, 5.41) is 3.23. The maximum Gasteiger partial charge on any atom is 0.132 e. The highest BCUT2D eigenvalue weighted by Crippen LogP contribution is 2.20. The number of aromatic nitrogens is 2. The summed E-state index contributed by atoms with van der Waals surface area (Å²) in [4.78, 5) is 4.56. The molecule has 1 unspecified atom stereocenters. The zero-order valence-corrected chi connectivity index (χ0v) is 11.4. The lowest BCUT2D eigenvalue weighted by atomic mass is 10.2. The summed E-state index contributed by atoms with van der Waals surface area (Å²) >= 11 is 3.51. The third kappa shape index (κ3) is 2.13. The number of pyridine rings is 1. The molecule has 1 N–H and O–H groups in total. The van der Waals surface area contributed by atoms with Gasteiger partial charge in [0.05, 0.1) is 5.52 Å². The van der Waals surface area contributed by atoms with Crippen molar-refractivity contribution in [3.05, 3.63) is 34.3 Å². The van der Waals surface area contributed by atoms with Crippen LogP contribution in [0, 0.1) is 6.92 Å². The van der Waals surface area contributed by atoms with Crippen LogP contribution in [-0.4, -0.2) is 22.5 Å². The van der Waals surface area contributed by atoms with Gasteiger partial charge in [-0.3, -0.25) is 0 Å². The van der Waals surface area contributed by atoms with Gasteiger partial charge in [-0.2, -0.15) is 0 Å². The molecule has 2 aromatic rings. The predicted molar refractivity (Wildman–Crippen MR) is 69.9 cm³/mol. The van der Waals surface area contributed by atoms with Gasteiger partial charge in [0, 0.05) is 18.7 Å². The van der Waals surface area contributed by atoms with E-state index in [-0.39, 0.29) is 0 Å². The molecular formula is C12H16BrN3. The summed E-state index contributed by atoms with van der Waals surface area (Å²) in [5.74, 6) is 1.09. The number of imidazole rings is 1. The molecule has 0 saturated carbocycles. The number of likely N-dealkylation sites (N-methyl/N-ethyl adjacent to an activating group) is 1. The van der Waals surface area contributed by atoms with Gasteiger partial charge in [0.2, 0.25) is 0 Å². The van der Waals surface area contributed by atoms with Gasteiger partial charge >= 0.3 is 0 Å². The van der Waals surface area contributed by atoms with Crippen molar-refractivity contribution < 1.29 is 0 Å². The third-order valence-corrected chi connectivity index (χ3v) is 3.39. The van der Waals surface area contributed by atoms with Crippen LogP contribution in [0.3, 0.4) is 0 Å². The van der Waals surface area contributed by atoms with Crippen molar-refractivity contribution in [3.63, 3.8) is 0 Å². The Morgan fingerprint density at radius 1 is 1.56 bits per heavy atom. The number of nitrogens with zero attached hydrogens (tertiary/aromatic N) is 2. The van der Waals surface area contributed by atoms with Gasteiger partial charge in [0.25, 0.3) is 0 Å². The number of hydrogen-bond donors (Lipinski definition) is 1. The molecule has 0 amide bonds. The minimum Gasteiger partial charge on any atom is -0.317 e. The summed E-state index contributed by atoms with van der Waals surface area (Å²) in [6.45, 7) is 4.25. The molecule has 0 aliphatic carbocycles. The second-order valence-corrected chi connectivity index (χ2v) is 4.92. The summed E-state index contributed by atoms with van der Waals surface area (Å²) < 4.78 is 3.07. The number of fused-ring (bicyclic) bond motifs is 1. The monoisotopic (exact) mass is 281 g/mol. The second-order valence-electron chi connectivity index (χ2n) is 4.17. The average Bonchev–Trinajstić information content (AvgIpc) is 2.55. The highest BCUT2D eigenvalue weighted by Gasteiger charge is 2.11. The third-order valence-electron chi connectivity index (χ3n) is 2.81. The number of halogens is 1. The standard InChI is InChI=1S/C12H16BrN3/c1-8-4-5-16-10(6-8)12(13)15-11(16)7-9(2)14-3/h4-6,9,14H,7H2,1-3H3. The van der Waals surface area contributed by atoms with Crippen LogP contribution in [0.4, 0.5) is 0 Å². The Balaban J connectivity index is 2.47. The number of hydrogen-bond acceptors (Lipinski definition) is 2. The van der Waals surface area contributed by atoms with Crippen LogP contribution in [0.5, 0.6) is 0 Å². The minimum atomic E-state index is 0.429. The molecule has 2 aromatic heterocycles. The normalized spacial score (nSPS) is 13.2. The number of rotatable bonds is 3. The summed E-state index contributed by atoms with van der Waals surface area (Å²) in [6.07, 6.45) is 3.01.